The summed E-state index contributed by atoms with van der Waals surface area (Å²) in [4.78, 5) is 13.5. The highest BCUT2D eigenvalue weighted by Crippen LogP contribution is 2.35. The predicted octanol–water partition coefficient (Wildman–Crippen LogP) is 3.99. The number of aromatic nitrogens is 3. The van der Waals surface area contributed by atoms with E-state index in [0.29, 0.717) is 40.5 Å². The maximum atomic E-state index is 14.3. The molecular formula is C20H19FN4O2S. The minimum absolute atomic E-state index is 0.293. The Kier molecular flexibility index (Phi) is 4.45. The van der Waals surface area contributed by atoms with Gasteiger partial charge < -0.3 is 4.74 Å². The van der Waals surface area contributed by atoms with Crippen molar-refractivity contribution in [1.29, 1.82) is 0 Å². The Morgan fingerprint density at radius 2 is 2.07 bits per heavy atom. The van der Waals surface area contributed by atoms with Crippen LogP contribution in [0.25, 0.3) is 22.3 Å². The fourth-order valence-corrected chi connectivity index (χ4v) is 3.50. The second kappa shape index (κ2) is 6.70. The molecule has 0 bridgehead atoms. The van der Waals surface area contributed by atoms with Gasteiger partial charge in [-0.15, -0.1) is 0 Å². The fraction of sp³-hybridized carbons (Fsp3) is 0.300. The van der Waals surface area contributed by atoms with Crippen LogP contribution in [0.3, 0.4) is 0 Å². The van der Waals surface area contributed by atoms with Crippen molar-refractivity contribution in [1.82, 2.24) is 15.0 Å². The maximum absolute atomic E-state index is 14.3. The molecule has 0 unspecified atom stereocenters. The topological polar surface area (TPSA) is 77.3 Å². The first-order valence-electron chi connectivity index (χ1n) is 8.80. The molecule has 0 saturated carbocycles. The van der Waals surface area contributed by atoms with Crippen LogP contribution in [-0.2, 0) is 17.6 Å². The van der Waals surface area contributed by atoms with E-state index in [1.807, 2.05) is 32.9 Å². The molecule has 0 fully saturated rings. The molecular weight excluding hydrogens is 379 g/mol. The van der Waals surface area contributed by atoms with E-state index >= 15 is 0 Å². The van der Waals surface area contributed by atoms with Crippen molar-refractivity contribution in [2.24, 2.45) is 4.40 Å². The average Bonchev–Trinajstić information content (AvgIpc) is 2.65. The van der Waals surface area contributed by atoms with Gasteiger partial charge in [-0.3, -0.25) is 4.98 Å². The molecule has 6 nitrogen and oxygen atoms in total. The van der Waals surface area contributed by atoms with Crippen LogP contribution in [0.2, 0.25) is 0 Å². The second-order valence-corrected chi connectivity index (χ2v) is 9.43. The zero-order valence-electron chi connectivity index (χ0n) is 16.0. The first-order valence-corrected chi connectivity index (χ1v) is 9.91. The van der Waals surface area contributed by atoms with E-state index < -0.39 is 21.5 Å². The van der Waals surface area contributed by atoms with Crippen LogP contribution in [0, 0.1) is 5.82 Å². The first kappa shape index (κ1) is 18.6. The highest BCUT2D eigenvalue weighted by Gasteiger charge is 2.24. The Labute approximate surface area is 164 Å². The van der Waals surface area contributed by atoms with Crippen LogP contribution in [0.5, 0.6) is 5.88 Å². The molecule has 0 spiro atoms. The zero-order chi connectivity index (χ0) is 20.1. The Morgan fingerprint density at radius 3 is 2.82 bits per heavy atom. The number of rotatable bonds is 2. The molecule has 2 aromatic heterocycles. The van der Waals surface area contributed by atoms with Crippen molar-refractivity contribution < 1.29 is 13.3 Å². The molecule has 28 heavy (non-hydrogen) atoms. The van der Waals surface area contributed by atoms with E-state index in [2.05, 4.69) is 19.3 Å². The lowest BCUT2D eigenvalue weighted by Gasteiger charge is -2.19. The molecule has 8 heteroatoms. The number of pyridine rings is 1. The van der Waals surface area contributed by atoms with E-state index in [0.717, 1.165) is 11.3 Å². The highest BCUT2D eigenvalue weighted by molar-refractivity contribution is 7.85. The lowest BCUT2D eigenvalue weighted by Crippen LogP contribution is -2.20. The molecule has 144 valence electrons. The van der Waals surface area contributed by atoms with Gasteiger partial charge >= 0.3 is 0 Å². The van der Waals surface area contributed by atoms with Gasteiger partial charge in [0, 0.05) is 23.4 Å². The quantitative estimate of drug-likeness (QED) is 0.610. The van der Waals surface area contributed by atoms with Gasteiger partial charge in [-0.05, 0) is 45.9 Å². The Bertz CT molecular complexity index is 1150. The summed E-state index contributed by atoms with van der Waals surface area (Å²) in [6, 6.07) is 6.37. The van der Waals surface area contributed by atoms with E-state index in [1.165, 1.54) is 12.1 Å². The van der Waals surface area contributed by atoms with Crippen LogP contribution >= 0.6 is 0 Å². The third kappa shape index (κ3) is 3.28. The van der Waals surface area contributed by atoms with Crippen LogP contribution in [0.15, 0.2) is 34.9 Å². The highest BCUT2D eigenvalue weighted by atomic mass is 32.2. The summed E-state index contributed by atoms with van der Waals surface area (Å²) < 4.78 is 36.2. The van der Waals surface area contributed by atoms with Crippen LogP contribution in [0.4, 0.5) is 4.39 Å². The maximum Gasteiger partial charge on any atom is 0.241 e. The van der Waals surface area contributed by atoms with Crippen molar-refractivity contribution in [3.63, 3.8) is 0 Å². The number of benzene rings is 1. The minimum atomic E-state index is -1.47. The number of hydrogen-bond acceptors (Lipinski definition) is 5. The normalized spacial score (nSPS) is 15.0. The van der Waals surface area contributed by atoms with Gasteiger partial charge in [0.2, 0.25) is 5.88 Å². The van der Waals surface area contributed by atoms with E-state index in [1.54, 1.807) is 13.1 Å². The Balaban J connectivity index is 1.91. The molecule has 0 saturated heterocycles. The lowest BCUT2D eigenvalue weighted by molar-refractivity contribution is 0.285. The van der Waals surface area contributed by atoms with E-state index in [9.17, 15) is 8.60 Å². The lowest BCUT2D eigenvalue weighted by atomic mass is 10.1. The molecule has 1 aliphatic heterocycles. The molecule has 3 heterocycles. The molecule has 0 N–H and O–H groups in total. The predicted molar refractivity (Wildman–Crippen MR) is 107 cm³/mol. The van der Waals surface area contributed by atoms with Crippen molar-refractivity contribution >= 4 is 27.7 Å². The van der Waals surface area contributed by atoms with Crippen LogP contribution < -0.4 is 4.74 Å². The molecule has 0 aliphatic carbocycles. The number of nitrogens with zero attached hydrogens (tertiary/aromatic N) is 4. The molecule has 0 radical (unpaired) electrons. The largest absolute Gasteiger partial charge is 0.470 e. The molecule has 0 amide bonds. The van der Waals surface area contributed by atoms with Gasteiger partial charge in [0.05, 0.1) is 21.7 Å². The van der Waals surface area contributed by atoms with Gasteiger partial charge in [-0.25, -0.2) is 18.6 Å². The van der Waals surface area contributed by atoms with Gasteiger partial charge in [-0.2, -0.15) is 4.40 Å². The van der Waals surface area contributed by atoms with Gasteiger partial charge in [0.1, 0.15) is 34.6 Å². The summed E-state index contributed by atoms with van der Waals surface area (Å²) in [5.41, 5.74) is 3.84. The third-order valence-electron chi connectivity index (χ3n) is 4.33. The SMILES string of the molecule is C/C(=N\[S@](=O)C(C)(C)C)c1cc(F)cc2nc3c(nc12)OCc1ncccc1-3. The number of hydrogen-bond donors (Lipinski definition) is 0. The van der Waals surface area contributed by atoms with Crippen LogP contribution in [-0.4, -0.2) is 29.6 Å². The molecule has 3 aromatic rings. The van der Waals surface area contributed by atoms with Crippen molar-refractivity contribution in [3.8, 4) is 17.1 Å². The van der Waals surface area contributed by atoms with E-state index in [4.69, 9.17) is 4.74 Å². The monoisotopic (exact) mass is 398 g/mol. The minimum Gasteiger partial charge on any atom is -0.470 e. The smallest absolute Gasteiger partial charge is 0.241 e. The second-order valence-electron chi connectivity index (χ2n) is 7.52. The third-order valence-corrected chi connectivity index (χ3v) is 5.81. The molecule has 1 aliphatic rings. The molecule has 1 aromatic carbocycles. The summed E-state index contributed by atoms with van der Waals surface area (Å²) in [7, 11) is -1.47. The summed E-state index contributed by atoms with van der Waals surface area (Å²) in [5.74, 6) is -0.0958. The van der Waals surface area contributed by atoms with Crippen LogP contribution in [0.1, 0.15) is 39.0 Å². The average molecular weight is 398 g/mol. The summed E-state index contributed by atoms with van der Waals surface area (Å²) in [6.07, 6.45) is 1.69. The summed E-state index contributed by atoms with van der Waals surface area (Å²) in [6.45, 7) is 7.48. The van der Waals surface area contributed by atoms with E-state index in [-0.39, 0.29) is 0 Å². The van der Waals surface area contributed by atoms with Crippen molar-refractivity contribution in [2.75, 3.05) is 0 Å². The summed E-state index contributed by atoms with van der Waals surface area (Å²) in [5, 5.41) is 0. The summed E-state index contributed by atoms with van der Waals surface area (Å²) >= 11 is 0. The number of fused-ring (bicyclic) bond motifs is 4. The Morgan fingerprint density at radius 1 is 1.29 bits per heavy atom. The molecule has 1 atom stereocenters. The standard InChI is InChI=1S/C20H19FN4O2S/c1-11(25-28(26)20(2,3)4)14-8-12(21)9-15-17(14)24-19-18(23-15)13-6-5-7-22-16(13)10-27-19/h5-9H,10H2,1-4H3/b25-11+/t28-/m1/s1. The van der Waals surface area contributed by atoms with Gasteiger partial charge in [0.25, 0.3) is 0 Å². The Hall–Kier alpha value is -2.74. The van der Waals surface area contributed by atoms with Gasteiger partial charge in [0.15, 0.2) is 0 Å². The van der Waals surface area contributed by atoms with Crippen molar-refractivity contribution in [3.05, 3.63) is 47.5 Å². The zero-order valence-corrected chi connectivity index (χ0v) is 16.8. The van der Waals surface area contributed by atoms with Crippen molar-refractivity contribution in [2.45, 2.75) is 39.0 Å². The number of halogens is 1. The first-order chi connectivity index (χ1) is 13.2. The fourth-order valence-electron chi connectivity index (χ4n) is 2.88. The molecule has 4 rings (SSSR count). The van der Waals surface area contributed by atoms with Gasteiger partial charge in [-0.1, -0.05) is 0 Å². The number of ether oxygens (including phenoxy) is 1.